The molecule has 1 amide bonds. The number of carbonyl (C=O) groups excluding carboxylic acids is 1. The first kappa shape index (κ1) is 18.9. The number of halogens is 1. The maximum Gasteiger partial charge on any atom is 0.232 e. The second-order valence-electron chi connectivity index (χ2n) is 9.79. The molecule has 4 aliphatic rings. The maximum atomic E-state index is 15.1. The highest BCUT2D eigenvalue weighted by atomic mass is 19.1. The molecule has 4 fully saturated rings. The summed E-state index contributed by atoms with van der Waals surface area (Å²) in [4.78, 5) is 15.6. The van der Waals surface area contributed by atoms with E-state index in [9.17, 15) is 9.90 Å². The molecular weight excluding hydrogens is 373 g/mol. The highest BCUT2D eigenvalue weighted by Gasteiger charge is 2.59. The molecule has 3 heterocycles. The summed E-state index contributed by atoms with van der Waals surface area (Å²) in [6.45, 7) is 4.04. The Labute approximate surface area is 169 Å². The molecule has 2 saturated carbocycles. The van der Waals surface area contributed by atoms with Gasteiger partial charge in [-0.3, -0.25) is 9.48 Å². The average molecular weight is 401 g/mol. The molecule has 0 radical (unpaired) electrons. The summed E-state index contributed by atoms with van der Waals surface area (Å²) in [5.41, 5.74) is 0.553. The molecule has 156 valence electrons. The van der Waals surface area contributed by atoms with Gasteiger partial charge in [-0.1, -0.05) is 6.92 Å². The monoisotopic (exact) mass is 401 g/mol. The summed E-state index contributed by atoms with van der Waals surface area (Å²) in [6, 6.07) is 3.45. The van der Waals surface area contributed by atoms with Crippen LogP contribution in [0.3, 0.4) is 0 Å². The van der Waals surface area contributed by atoms with Crippen LogP contribution in [0.4, 0.5) is 4.39 Å². The van der Waals surface area contributed by atoms with Gasteiger partial charge in [0, 0.05) is 19.1 Å². The van der Waals surface area contributed by atoms with Crippen LogP contribution in [0, 0.1) is 11.2 Å². The van der Waals surface area contributed by atoms with E-state index in [-0.39, 0.29) is 29.2 Å². The molecule has 2 aliphatic carbocycles. The molecule has 6 rings (SSSR count). The largest absolute Gasteiger partial charge is 0.494 e. The summed E-state index contributed by atoms with van der Waals surface area (Å²) < 4.78 is 21.8. The number of methoxy groups -OCH3 is 1. The molecule has 6 nitrogen and oxygen atoms in total. The summed E-state index contributed by atoms with van der Waals surface area (Å²) in [5.74, 6) is -0.917. The van der Waals surface area contributed by atoms with Gasteiger partial charge in [0.05, 0.1) is 35.2 Å². The van der Waals surface area contributed by atoms with E-state index in [0.29, 0.717) is 29.4 Å². The lowest BCUT2D eigenvalue weighted by molar-refractivity contribution is -0.193. The van der Waals surface area contributed by atoms with Crippen LogP contribution in [0.5, 0.6) is 5.75 Å². The Hall–Kier alpha value is -2.15. The van der Waals surface area contributed by atoms with E-state index >= 15 is 4.39 Å². The third-order valence-corrected chi connectivity index (χ3v) is 7.43. The number of rotatable bonds is 3. The number of fused-ring (bicyclic) bond motifs is 1. The first-order valence-electron chi connectivity index (χ1n) is 10.4. The number of ether oxygens (including phenoxy) is 1. The summed E-state index contributed by atoms with van der Waals surface area (Å²) in [5, 5.41) is 15.8. The van der Waals surface area contributed by atoms with E-state index in [2.05, 4.69) is 12.0 Å². The lowest BCUT2D eigenvalue weighted by atomic mass is 9.54. The molecule has 7 heteroatoms. The van der Waals surface area contributed by atoms with Gasteiger partial charge in [-0.05, 0) is 56.6 Å². The Morgan fingerprint density at radius 2 is 1.97 bits per heavy atom. The molecule has 3 unspecified atom stereocenters. The smallest absolute Gasteiger partial charge is 0.232 e. The Morgan fingerprint density at radius 1 is 1.31 bits per heavy atom. The minimum absolute atomic E-state index is 0.0202. The van der Waals surface area contributed by atoms with E-state index in [1.54, 1.807) is 23.9 Å². The standard InChI is InChI=1S/C22H28FN3O3/c1-12(19-17-15(25(3)24-19)5-6-16(29-4)18(17)23)20(27)26-13-7-21(2)8-14(26)10-22(28,9-13)11-21/h5-6,12-14,28H,7-11H2,1-4H3. The van der Waals surface area contributed by atoms with Crippen molar-refractivity contribution in [2.45, 2.75) is 69.6 Å². The number of aryl methyl sites for hydroxylation is 1. The van der Waals surface area contributed by atoms with Gasteiger partial charge in [0.15, 0.2) is 11.6 Å². The highest BCUT2D eigenvalue weighted by Crippen LogP contribution is 2.58. The molecule has 29 heavy (non-hydrogen) atoms. The number of piperidine rings is 2. The van der Waals surface area contributed by atoms with Crippen molar-refractivity contribution in [1.29, 1.82) is 0 Å². The number of amides is 1. The van der Waals surface area contributed by atoms with Gasteiger partial charge in [0.1, 0.15) is 0 Å². The molecule has 2 aliphatic heterocycles. The Kier molecular flexibility index (Phi) is 3.86. The minimum Gasteiger partial charge on any atom is -0.494 e. The van der Waals surface area contributed by atoms with Crippen molar-refractivity contribution in [3.63, 3.8) is 0 Å². The van der Waals surface area contributed by atoms with Crippen molar-refractivity contribution < 1.29 is 19.0 Å². The third kappa shape index (κ3) is 2.62. The molecule has 1 aromatic heterocycles. The Bertz CT molecular complexity index is 980. The predicted octanol–water partition coefficient (Wildman–Crippen LogP) is 3.12. The number of aliphatic hydroxyl groups is 1. The van der Waals surface area contributed by atoms with Crippen LogP contribution in [-0.2, 0) is 11.8 Å². The lowest BCUT2D eigenvalue weighted by Gasteiger charge is -2.63. The zero-order chi connectivity index (χ0) is 20.7. The second kappa shape index (κ2) is 5.94. The van der Waals surface area contributed by atoms with Crippen molar-refractivity contribution in [2.75, 3.05) is 7.11 Å². The summed E-state index contributed by atoms with van der Waals surface area (Å²) in [7, 11) is 3.19. The van der Waals surface area contributed by atoms with Crippen LogP contribution in [0.2, 0.25) is 0 Å². The quantitative estimate of drug-likeness (QED) is 0.858. The lowest BCUT2D eigenvalue weighted by Crippen LogP contribution is -2.68. The molecule has 3 atom stereocenters. The predicted molar refractivity (Wildman–Crippen MR) is 106 cm³/mol. The van der Waals surface area contributed by atoms with E-state index in [1.165, 1.54) is 7.11 Å². The van der Waals surface area contributed by atoms with Gasteiger partial charge < -0.3 is 14.7 Å². The van der Waals surface area contributed by atoms with Crippen LogP contribution in [0.25, 0.3) is 10.9 Å². The van der Waals surface area contributed by atoms with Crippen LogP contribution < -0.4 is 4.74 Å². The molecule has 2 aromatic rings. The highest BCUT2D eigenvalue weighted by molar-refractivity contribution is 5.92. The van der Waals surface area contributed by atoms with Gasteiger partial charge in [0.2, 0.25) is 5.91 Å². The van der Waals surface area contributed by atoms with E-state index in [1.807, 2.05) is 11.8 Å². The molecule has 1 N–H and O–H groups in total. The van der Waals surface area contributed by atoms with Crippen LogP contribution in [0.15, 0.2) is 12.1 Å². The molecule has 4 bridgehead atoms. The van der Waals surface area contributed by atoms with E-state index in [4.69, 9.17) is 4.74 Å². The van der Waals surface area contributed by atoms with Gasteiger partial charge in [-0.25, -0.2) is 4.39 Å². The minimum atomic E-state index is -0.641. The summed E-state index contributed by atoms with van der Waals surface area (Å²) >= 11 is 0. The summed E-state index contributed by atoms with van der Waals surface area (Å²) in [6.07, 6.45) is 3.97. The topological polar surface area (TPSA) is 67.6 Å². The van der Waals surface area contributed by atoms with Gasteiger partial charge in [-0.15, -0.1) is 0 Å². The van der Waals surface area contributed by atoms with Gasteiger partial charge in [0.25, 0.3) is 0 Å². The Morgan fingerprint density at radius 3 is 2.55 bits per heavy atom. The number of nitrogens with zero attached hydrogens (tertiary/aromatic N) is 3. The number of carbonyl (C=O) groups is 1. The van der Waals surface area contributed by atoms with Crippen molar-refractivity contribution in [3.8, 4) is 5.75 Å². The fourth-order valence-electron chi connectivity index (χ4n) is 6.59. The first-order chi connectivity index (χ1) is 13.6. The molecule has 0 spiro atoms. The zero-order valence-electron chi connectivity index (χ0n) is 17.4. The number of aromatic nitrogens is 2. The number of hydrogen-bond acceptors (Lipinski definition) is 4. The SMILES string of the molecule is COc1ccc2c(c(C(C)C(=O)N3C4CC5(C)CC3CC(O)(C4)C5)nn2C)c1F. The average Bonchev–Trinajstić information content (AvgIpc) is 2.96. The number of hydrogen-bond donors (Lipinski definition) is 1. The Balaban J connectivity index is 1.52. The van der Waals surface area contributed by atoms with Crippen LogP contribution in [0.1, 0.15) is 57.6 Å². The van der Waals surface area contributed by atoms with Crippen molar-refractivity contribution in [1.82, 2.24) is 14.7 Å². The first-order valence-corrected chi connectivity index (χ1v) is 10.4. The van der Waals surface area contributed by atoms with Crippen molar-refractivity contribution >= 4 is 16.8 Å². The van der Waals surface area contributed by atoms with E-state index in [0.717, 1.165) is 19.3 Å². The second-order valence-corrected chi connectivity index (χ2v) is 9.79. The fourth-order valence-corrected chi connectivity index (χ4v) is 6.59. The van der Waals surface area contributed by atoms with E-state index < -0.39 is 17.3 Å². The number of benzene rings is 1. The molecular formula is C22H28FN3O3. The maximum absolute atomic E-state index is 15.1. The van der Waals surface area contributed by atoms with Crippen LogP contribution in [-0.4, -0.2) is 50.5 Å². The molecule has 2 saturated heterocycles. The molecule has 1 aromatic carbocycles. The van der Waals surface area contributed by atoms with Crippen molar-refractivity contribution in [2.24, 2.45) is 12.5 Å². The van der Waals surface area contributed by atoms with Gasteiger partial charge >= 0.3 is 0 Å². The third-order valence-electron chi connectivity index (χ3n) is 7.43. The zero-order valence-corrected chi connectivity index (χ0v) is 17.4. The van der Waals surface area contributed by atoms with Crippen molar-refractivity contribution in [3.05, 3.63) is 23.6 Å². The fraction of sp³-hybridized carbons (Fsp3) is 0.636. The van der Waals surface area contributed by atoms with Crippen LogP contribution >= 0.6 is 0 Å². The van der Waals surface area contributed by atoms with Gasteiger partial charge in [-0.2, -0.15) is 5.10 Å². The normalized spacial score (nSPS) is 34.1.